The van der Waals surface area contributed by atoms with Gasteiger partial charge >= 0.3 is 37.6 Å². The van der Waals surface area contributed by atoms with Gasteiger partial charge in [0.25, 0.3) is 0 Å². The molecular weight excluding hydrogens is 252 g/mol. The van der Waals surface area contributed by atoms with Crippen molar-refractivity contribution in [1.29, 1.82) is 0 Å². The zero-order valence-electron chi connectivity index (χ0n) is 12.5. The average molecular weight is 276 g/mol. The Balaban J connectivity index is 0.000000253. The standard InChI is InChI=1S/2C7H9.C3H6.Ti/c2*1-6-3-4-7(2)5-6;1-3-2;/h2*3-4,6H,1-2H3;1-2H3;/q2*-1;;+2. The van der Waals surface area contributed by atoms with Gasteiger partial charge in [-0.25, -0.2) is 23.3 Å². The molecule has 0 aliphatic heterocycles. The van der Waals surface area contributed by atoms with E-state index in [1.165, 1.54) is 15.0 Å². The van der Waals surface area contributed by atoms with Crippen LogP contribution in [0, 0.1) is 24.0 Å². The number of hydrogen-bond acceptors (Lipinski definition) is 0. The van der Waals surface area contributed by atoms with Gasteiger partial charge in [-0.3, -0.25) is 12.2 Å². The maximum absolute atomic E-state index is 3.22. The van der Waals surface area contributed by atoms with Crippen molar-refractivity contribution in [1.82, 2.24) is 0 Å². The molecular formula is C17H24Ti. The second-order valence-corrected chi connectivity index (χ2v) is 6.51. The van der Waals surface area contributed by atoms with E-state index in [1.54, 1.807) is 0 Å². The number of allylic oxidation sites excluding steroid dienone is 8. The zero-order valence-corrected chi connectivity index (χ0v) is 14.0. The molecule has 0 saturated carbocycles. The fourth-order valence-electron chi connectivity index (χ4n) is 1.49. The van der Waals surface area contributed by atoms with E-state index in [0.29, 0.717) is 11.8 Å². The summed E-state index contributed by atoms with van der Waals surface area (Å²) in [7, 11) is 0. The van der Waals surface area contributed by atoms with E-state index in [-0.39, 0.29) is 0 Å². The van der Waals surface area contributed by atoms with Crippen LogP contribution in [0.5, 0.6) is 0 Å². The second kappa shape index (κ2) is 9.47. The Hall–Kier alpha value is -0.456. The molecule has 0 N–H and O–H groups in total. The summed E-state index contributed by atoms with van der Waals surface area (Å²) in [6, 6.07) is 0. The topological polar surface area (TPSA) is 0 Å². The molecule has 2 aliphatic carbocycles. The van der Waals surface area contributed by atoms with Crippen LogP contribution >= 0.6 is 0 Å². The van der Waals surface area contributed by atoms with Crippen LogP contribution in [0.15, 0.2) is 35.5 Å². The van der Waals surface area contributed by atoms with Crippen molar-refractivity contribution in [2.24, 2.45) is 11.8 Å². The summed E-state index contributed by atoms with van der Waals surface area (Å²) in [5.74, 6) is 1.11. The van der Waals surface area contributed by atoms with Crippen LogP contribution in [0.25, 0.3) is 0 Å². The first-order chi connectivity index (χ1) is 8.31. The Morgan fingerprint density at radius 3 is 1.28 bits per heavy atom. The van der Waals surface area contributed by atoms with Crippen LogP contribution < -0.4 is 0 Å². The summed E-state index contributed by atoms with van der Waals surface area (Å²) < 4.78 is 1.42. The average Bonchev–Trinajstić information content (AvgIpc) is 2.76. The summed E-state index contributed by atoms with van der Waals surface area (Å²) in [5.41, 5.74) is 2.54. The number of rotatable bonds is 0. The fraction of sp³-hybridized carbons (Fsp3) is 0.471. The summed E-state index contributed by atoms with van der Waals surface area (Å²) in [6.45, 7) is 12.6. The molecule has 2 unspecified atom stereocenters. The Bertz CT molecular complexity index is 344. The van der Waals surface area contributed by atoms with E-state index >= 15 is 0 Å². The molecule has 0 saturated heterocycles. The van der Waals surface area contributed by atoms with Crippen molar-refractivity contribution >= 4 is 3.81 Å². The van der Waals surface area contributed by atoms with Crippen LogP contribution in [0.4, 0.5) is 0 Å². The van der Waals surface area contributed by atoms with Gasteiger partial charge in [-0.1, -0.05) is 39.5 Å². The van der Waals surface area contributed by atoms with E-state index in [0.717, 1.165) is 0 Å². The molecule has 0 bridgehead atoms. The molecule has 0 amide bonds. The van der Waals surface area contributed by atoms with Crippen molar-refractivity contribution in [2.45, 2.75) is 41.5 Å². The first-order valence-corrected chi connectivity index (χ1v) is 7.17. The van der Waals surface area contributed by atoms with E-state index in [4.69, 9.17) is 0 Å². The predicted octanol–water partition coefficient (Wildman–Crippen LogP) is 4.63. The quantitative estimate of drug-likeness (QED) is 0.447. The summed E-state index contributed by atoms with van der Waals surface area (Å²) in [5, 5.41) is 0. The van der Waals surface area contributed by atoms with Gasteiger partial charge in [-0.2, -0.15) is 12.2 Å². The Kier molecular flexibility index (Phi) is 9.23. The molecule has 2 aliphatic rings. The molecule has 0 nitrogen and oxygen atoms in total. The van der Waals surface area contributed by atoms with Gasteiger partial charge in [0.15, 0.2) is 0 Å². The van der Waals surface area contributed by atoms with Gasteiger partial charge in [0.05, 0.1) is 0 Å². The van der Waals surface area contributed by atoms with Crippen LogP contribution in [-0.2, 0) is 20.0 Å². The molecule has 2 rings (SSSR count). The molecule has 0 spiro atoms. The molecule has 0 fully saturated rings. The van der Waals surface area contributed by atoms with E-state index in [9.17, 15) is 0 Å². The fourth-order valence-corrected chi connectivity index (χ4v) is 1.49. The minimum atomic E-state index is 0.556. The normalized spacial score (nSPS) is 23.6. The van der Waals surface area contributed by atoms with Gasteiger partial charge in [-0.15, -0.1) is 0 Å². The van der Waals surface area contributed by atoms with E-state index < -0.39 is 0 Å². The summed E-state index contributed by atoms with van der Waals surface area (Å²) >= 11 is 2.08. The van der Waals surface area contributed by atoms with Crippen molar-refractivity contribution in [3.63, 3.8) is 0 Å². The Morgan fingerprint density at radius 2 is 1.22 bits per heavy atom. The molecule has 96 valence electrons. The number of hydrogen-bond donors (Lipinski definition) is 0. The van der Waals surface area contributed by atoms with Crippen molar-refractivity contribution < 1.29 is 20.0 Å². The zero-order chi connectivity index (χ0) is 14.1. The molecule has 0 aromatic heterocycles. The van der Waals surface area contributed by atoms with Crippen molar-refractivity contribution in [3.05, 3.63) is 47.6 Å². The monoisotopic (exact) mass is 276 g/mol. The van der Waals surface area contributed by atoms with Crippen LogP contribution in [-0.4, -0.2) is 3.81 Å². The van der Waals surface area contributed by atoms with Crippen LogP contribution in [0.2, 0.25) is 0 Å². The summed E-state index contributed by atoms with van der Waals surface area (Å²) in [4.78, 5) is 0. The molecule has 1 heteroatoms. The predicted molar refractivity (Wildman–Crippen MR) is 77.8 cm³/mol. The minimum absolute atomic E-state index is 0.556. The summed E-state index contributed by atoms with van der Waals surface area (Å²) in [6.07, 6.45) is 14.9. The third-order valence-corrected chi connectivity index (χ3v) is 2.18. The molecule has 0 radical (unpaired) electrons. The maximum atomic E-state index is 3.22. The first-order valence-electron chi connectivity index (χ1n) is 6.39. The Labute approximate surface area is 124 Å². The molecule has 0 aromatic rings. The van der Waals surface area contributed by atoms with Gasteiger partial charge in [0.1, 0.15) is 0 Å². The van der Waals surface area contributed by atoms with Gasteiger partial charge < -0.3 is 0 Å². The SMILES string of the molecule is CC1=[C-]C(C)C=C1.CC1=[C-]C(C)C=C1.C[C](C)=[Ti+2]. The third-order valence-electron chi connectivity index (χ3n) is 2.18. The van der Waals surface area contributed by atoms with Gasteiger partial charge in [-0.05, 0) is 0 Å². The molecule has 18 heavy (non-hydrogen) atoms. The first kappa shape index (κ1) is 17.5. The molecule has 0 heterocycles. The molecule has 0 aromatic carbocycles. The molecule has 2 atom stereocenters. The van der Waals surface area contributed by atoms with Crippen molar-refractivity contribution in [2.75, 3.05) is 0 Å². The second-order valence-electron chi connectivity index (χ2n) is 4.95. The van der Waals surface area contributed by atoms with E-state index in [2.05, 4.69) is 98.0 Å². The van der Waals surface area contributed by atoms with Crippen molar-refractivity contribution in [3.8, 4) is 0 Å². The Morgan fingerprint density at radius 1 is 0.944 bits per heavy atom. The van der Waals surface area contributed by atoms with Gasteiger partial charge in [0.2, 0.25) is 0 Å². The van der Waals surface area contributed by atoms with Crippen LogP contribution in [0.3, 0.4) is 0 Å². The van der Waals surface area contributed by atoms with Crippen LogP contribution in [0.1, 0.15) is 41.5 Å². The van der Waals surface area contributed by atoms with E-state index in [1.807, 2.05) is 0 Å². The third kappa shape index (κ3) is 10.7. The van der Waals surface area contributed by atoms with Gasteiger partial charge in [0, 0.05) is 0 Å².